The fraction of sp³-hybridized carbons (Fsp3) is 0.250. The molecule has 1 rings (SSSR count). The van der Waals surface area contributed by atoms with Gasteiger partial charge in [0, 0.05) is 6.08 Å². The molecule has 1 aliphatic heterocycles. The Morgan fingerprint density at radius 3 is 3.14 bits per heavy atom. The smallest absolute Gasteiger partial charge is 0.210 e. The standard InChI is InChI=1S/C4H3N2O/c5-4-6-2-1-3-7-6/h2H,3H2. The second-order valence-corrected chi connectivity index (χ2v) is 1.03. The van der Waals surface area contributed by atoms with Gasteiger partial charge in [-0.3, -0.25) is 4.84 Å². The van der Waals surface area contributed by atoms with Crippen LogP contribution >= 0.6 is 0 Å². The lowest BCUT2D eigenvalue weighted by Gasteiger charge is -1.97. The van der Waals surface area contributed by atoms with Gasteiger partial charge in [0.2, 0.25) is 6.19 Å². The van der Waals surface area contributed by atoms with Crippen molar-refractivity contribution in [3.05, 3.63) is 12.3 Å². The fourth-order valence-corrected chi connectivity index (χ4v) is 0.322. The highest BCUT2D eigenvalue weighted by molar-refractivity contribution is 4.83. The van der Waals surface area contributed by atoms with Gasteiger partial charge in [-0.15, -0.1) is 0 Å². The van der Waals surface area contributed by atoms with Crippen LogP contribution in [-0.2, 0) is 4.84 Å². The first-order valence-corrected chi connectivity index (χ1v) is 1.82. The summed E-state index contributed by atoms with van der Waals surface area (Å²) < 4.78 is 0. The highest BCUT2D eigenvalue weighted by Gasteiger charge is 1.99. The first-order valence-electron chi connectivity index (χ1n) is 1.82. The summed E-state index contributed by atoms with van der Waals surface area (Å²) in [6.45, 7) is 0.396. The van der Waals surface area contributed by atoms with Crippen molar-refractivity contribution < 1.29 is 4.84 Å². The molecule has 0 bridgehead atoms. The molecule has 1 radical (unpaired) electrons. The van der Waals surface area contributed by atoms with E-state index >= 15 is 0 Å². The Labute approximate surface area is 41.4 Å². The topological polar surface area (TPSA) is 36.3 Å². The third kappa shape index (κ3) is 0.699. The van der Waals surface area contributed by atoms with Crippen LogP contribution in [-0.4, -0.2) is 11.7 Å². The molecule has 0 saturated carbocycles. The van der Waals surface area contributed by atoms with Crippen LogP contribution in [0.2, 0.25) is 0 Å². The normalized spacial score (nSPS) is 17.3. The van der Waals surface area contributed by atoms with Gasteiger partial charge in [0.1, 0.15) is 6.61 Å². The number of rotatable bonds is 0. The van der Waals surface area contributed by atoms with Gasteiger partial charge in [0.15, 0.2) is 0 Å². The second-order valence-electron chi connectivity index (χ2n) is 1.03. The largest absolute Gasteiger partial charge is 0.255 e. The van der Waals surface area contributed by atoms with Crippen LogP contribution in [0.3, 0.4) is 0 Å². The van der Waals surface area contributed by atoms with Crippen molar-refractivity contribution in [1.82, 2.24) is 5.06 Å². The quantitative estimate of drug-likeness (QED) is 0.398. The monoisotopic (exact) mass is 95.0 g/mol. The van der Waals surface area contributed by atoms with Crippen LogP contribution in [0.25, 0.3) is 0 Å². The van der Waals surface area contributed by atoms with E-state index in [0.717, 1.165) is 5.06 Å². The Morgan fingerprint density at radius 2 is 2.86 bits per heavy atom. The molecule has 0 aromatic heterocycles. The van der Waals surface area contributed by atoms with E-state index in [1.54, 1.807) is 6.19 Å². The average molecular weight is 95.1 g/mol. The molecule has 7 heavy (non-hydrogen) atoms. The molecular formula is C4H3N2O. The van der Waals surface area contributed by atoms with E-state index in [4.69, 9.17) is 5.26 Å². The van der Waals surface area contributed by atoms with Gasteiger partial charge < -0.3 is 0 Å². The molecule has 0 aromatic rings. The molecule has 0 saturated heterocycles. The zero-order valence-electron chi connectivity index (χ0n) is 3.59. The Kier molecular flexibility index (Phi) is 0.966. The summed E-state index contributed by atoms with van der Waals surface area (Å²) in [6, 6.07) is 0. The van der Waals surface area contributed by atoms with Crippen LogP contribution in [0.4, 0.5) is 0 Å². The zero-order valence-corrected chi connectivity index (χ0v) is 3.59. The molecule has 1 heterocycles. The summed E-state index contributed by atoms with van der Waals surface area (Å²) in [5.41, 5.74) is 0. The van der Waals surface area contributed by atoms with Crippen LogP contribution in [0.1, 0.15) is 0 Å². The number of hydroxylamine groups is 2. The molecule has 0 spiro atoms. The Balaban J connectivity index is 2.47. The van der Waals surface area contributed by atoms with Crippen molar-refractivity contribution in [3.63, 3.8) is 0 Å². The van der Waals surface area contributed by atoms with E-state index < -0.39 is 0 Å². The van der Waals surface area contributed by atoms with Crippen molar-refractivity contribution in [1.29, 1.82) is 5.26 Å². The van der Waals surface area contributed by atoms with Crippen molar-refractivity contribution >= 4 is 0 Å². The van der Waals surface area contributed by atoms with E-state index in [9.17, 15) is 0 Å². The van der Waals surface area contributed by atoms with E-state index in [1.165, 1.54) is 6.20 Å². The van der Waals surface area contributed by atoms with Gasteiger partial charge in [-0.05, 0) is 0 Å². The van der Waals surface area contributed by atoms with E-state index in [0.29, 0.717) is 6.61 Å². The lowest BCUT2D eigenvalue weighted by molar-refractivity contribution is -0.0397. The SMILES string of the molecule is N#CN1C=[C]CO1. The second kappa shape index (κ2) is 1.63. The van der Waals surface area contributed by atoms with Gasteiger partial charge in [0.05, 0.1) is 6.20 Å². The first kappa shape index (κ1) is 4.16. The van der Waals surface area contributed by atoms with E-state index in [1.807, 2.05) is 0 Å². The van der Waals surface area contributed by atoms with Gasteiger partial charge >= 0.3 is 0 Å². The third-order valence-corrected chi connectivity index (χ3v) is 0.594. The Morgan fingerprint density at radius 1 is 2.00 bits per heavy atom. The maximum atomic E-state index is 8.05. The molecule has 0 aliphatic carbocycles. The molecule has 0 amide bonds. The van der Waals surface area contributed by atoms with Gasteiger partial charge in [-0.2, -0.15) is 10.3 Å². The fourth-order valence-electron chi connectivity index (χ4n) is 0.322. The number of hydrogen-bond donors (Lipinski definition) is 0. The summed E-state index contributed by atoms with van der Waals surface area (Å²) >= 11 is 0. The summed E-state index contributed by atoms with van der Waals surface area (Å²) in [5, 5.41) is 9.10. The Bertz CT molecular complexity index is 124. The van der Waals surface area contributed by atoms with Gasteiger partial charge in [-0.25, -0.2) is 0 Å². The summed E-state index contributed by atoms with van der Waals surface area (Å²) in [5.74, 6) is 0. The Hall–Kier alpha value is -1.01. The minimum Gasteiger partial charge on any atom is -0.255 e. The van der Waals surface area contributed by atoms with Crippen LogP contribution in [0.5, 0.6) is 0 Å². The molecule has 0 atom stereocenters. The molecule has 0 fully saturated rings. The predicted molar refractivity (Wildman–Crippen MR) is 21.2 cm³/mol. The predicted octanol–water partition coefficient (Wildman–Crippen LogP) is 0.0316. The minimum absolute atomic E-state index is 0.396. The van der Waals surface area contributed by atoms with Crippen LogP contribution in [0.15, 0.2) is 6.20 Å². The van der Waals surface area contributed by atoms with E-state index in [-0.39, 0.29) is 0 Å². The van der Waals surface area contributed by atoms with Crippen LogP contribution in [0, 0.1) is 17.5 Å². The molecule has 3 heteroatoms. The first-order chi connectivity index (χ1) is 3.43. The lowest BCUT2D eigenvalue weighted by Crippen LogP contribution is -2.03. The number of hydrogen-bond acceptors (Lipinski definition) is 3. The molecule has 1 aliphatic rings. The summed E-state index contributed by atoms with van der Waals surface area (Å²) in [6.07, 6.45) is 5.89. The average Bonchev–Trinajstić information content (AvgIpc) is 2.14. The molecule has 3 nitrogen and oxygen atoms in total. The highest BCUT2D eigenvalue weighted by Crippen LogP contribution is 1.95. The molecule has 0 aromatic carbocycles. The maximum absolute atomic E-state index is 8.05. The maximum Gasteiger partial charge on any atom is 0.210 e. The molecule has 0 unspecified atom stereocenters. The molecule has 35 valence electrons. The highest BCUT2D eigenvalue weighted by atomic mass is 16.7. The summed E-state index contributed by atoms with van der Waals surface area (Å²) in [4.78, 5) is 4.61. The molecular weight excluding hydrogens is 92.1 g/mol. The lowest BCUT2D eigenvalue weighted by atomic mass is 10.7. The number of nitrogens with zero attached hydrogens (tertiary/aromatic N) is 2. The summed E-state index contributed by atoms with van der Waals surface area (Å²) in [7, 11) is 0. The van der Waals surface area contributed by atoms with Gasteiger partial charge in [-0.1, -0.05) is 0 Å². The van der Waals surface area contributed by atoms with Crippen molar-refractivity contribution in [2.75, 3.05) is 6.61 Å². The van der Waals surface area contributed by atoms with Crippen molar-refractivity contribution in [3.8, 4) is 6.19 Å². The zero-order chi connectivity index (χ0) is 5.11. The van der Waals surface area contributed by atoms with Crippen molar-refractivity contribution in [2.45, 2.75) is 0 Å². The van der Waals surface area contributed by atoms with Gasteiger partial charge in [0.25, 0.3) is 0 Å². The minimum atomic E-state index is 0.396. The van der Waals surface area contributed by atoms with Crippen molar-refractivity contribution in [2.24, 2.45) is 0 Å². The molecule has 0 N–H and O–H groups in total. The third-order valence-electron chi connectivity index (χ3n) is 0.594. The van der Waals surface area contributed by atoms with E-state index in [2.05, 4.69) is 10.9 Å². The van der Waals surface area contributed by atoms with Crippen LogP contribution < -0.4 is 0 Å². The number of nitriles is 1.